The molecule has 0 radical (unpaired) electrons. The molecular formula is C19H21BrN2O2. The fraction of sp³-hybridized carbons (Fsp3) is 0.316. The van der Waals surface area contributed by atoms with Crippen molar-refractivity contribution in [1.29, 1.82) is 0 Å². The first-order valence-corrected chi connectivity index (χ1v) is 8.91. The fourth-order valence-electron chi connectivity index (χ4n) is 2.95. The van der Waals surface area contributed by atoms with Crippen LogP contribution in [0.2, 0.25) is 0 Å². The second-order valence-corrected chi connectivity index (χ2v) is 6.89. The van der Waals surface area contributed by atoms with Crippen molar-refractivity contribution in [2.75, 3.05) is 25.5 Å². The van der Waals surface area contributed by atoms with Crippen LogP contribution in [0.25, 0.3) is 0 Å². The van der Waals surface area contributed by atoms with Crippen molar-refractivity contribution in [2.24, 2.45) is 0 Å². The van der Waals surface area contributed by atoms with Gasteiger partial charge in [0, 0.05) is 16.7 Å². The molecule has 0 bridgehead atoms. The monoisotopic (exact) mass is 388 g/mol. The SMILES string of the molecule is COc1ccc(Br)cc1C(=O)Nc1ccc(CN2CCCC2)cc1. The molecule has 1 aliphatic rings. The number of likely N-dealkylation sites (tertiary alicyclic amines) is 1. The summed E-state index contributed by atoms with van der Waals surface area (Å²) in [6.45, 7) is 3.34. The zero-order valence-electron chi connectivity index (χ0n) is 13.7. The highest BCUT2D eigenvalue weighted by Gasteiger charge is 2.14. The van der Waals surface area contributed by atoms with E-state index in [2.05, 4.69) is 38.3 Å². The minimum atomic E-state index is -0.180. The molecule has 3 rings (SSSR count). The normalized spacial score (nSPS) is 14.6. The van der Waals surface area contributed by atoms with E-state index in [4.69, 9.17) is 4.74 Å². The van der Waals surface area contributed by atoms with Crippen LogP contribution >= 0.6 is 15.9 Å². The fourth-order valence-corrected chi connectivity index (χ4v) is 3.31. The smallest absolute Gasteiger partial charge is 0.259 e. The van der Waals surface area contributed by atoms with Gasteiger partial charge in [0.2, 0.25) is 0 Å². The molecule has 24 heavy (non-hydrogen) atoms. The molecule has 1 fully saturated rings. The van der Waals surface area contributed by atoms with Gasteiger partial charge in [-0.3, -0.25) is 9.69 Å². The summed E-state index contributed by atoms with van der Waals surface area (Å²) in [5.41, 5.74) is 2.56. The number of benzene rings is 2. The second-order valence-electron chi connectivity index (χ2n) is 5.98. The summed E-state index contributed by atoms with van der Waals surface area (Å²) in [5.74, 6) is 0.377. The molecule has 0 atom stereocenters. The molecule has 0 aromatic heterocycles. The lowest BCUT2D eigenvalue weighted by molar-refractivity contribution is 0.102. The van der Waals surface area contributed by atoms with Crippen LogP contribution in [0.5, 0.6) is 5.75 Å². The van der Waals surface area contributed by atoms with E-state index < -0.39 is 0 Å². The number of carbonyl (C=O) groups is 1. The van der Waals surface area contributed by atoms with Gasteiger partial charge in [0.25, 0.3) is 5.91 Å². The van der Waals surface area contributed by atoms with Crippen molar-refractivity contribution >= 4 is 27.5 Å². The molecule has 2 aromatic rings. The van der Waals surface area contributed by atoms with Crippen LogP contribution in [0.4, 0.5) is 5.69 Å². The number of methoxy groups -OCH3 is 1. The van der Waals surface area contributed by atoms with Crippen LogP contribution < -0.4 is 10.1 Å². The van der Waals surface area contributed by atoms with Gasteiger partial charge in [0.15, 0.2) is 0 Å². The largest absolute Gasteiger partial charge is 0.496 e. The summed E-state index contributed by atoms with van der Waals surface area (Å²) in [6.07, 6.45) is 2.59. The minimum absolute atomic E-state index is 0.180. The topological polar surface area (TPSA) is 41.6 Å². The van der Waals surface area contributed by atoms with Crippen LogP contribution in [-0.2, 0) is 6.54 Å². The van der Waals surface area contributed by atoms with Crippen molar-refractivity contribution in [2.45, 2.75) is 19.4 Å². The maximum atomic E-state index is 12.5. The lowest BCUT2D eigenvalue weighted by Crippen LogP contribution is -2.18. The highest BCUT2D eigenvalue weighted by atomic mass is 79.9. The van der Waals surface area contributed by atoms with Crippen LogP contribution in [0, 0.1) is 0 Å². The van der Waals surface area contributed by atoms with Crippen LogP contribution in [0.15, 0.2) is 46.9 Å². The van der Waals surface area contributed by atoms with Gasteiger partial charge in [-0.05, 0) is 61.8 Å². The molecule has 4 nitrogen and oxygen atoms in total. The van der Waals surface area contributed by atoms with E-state index >= 15 is 0 Å². The Morgan fingerprint density at radius 3 is 2.54 bits per heavy atom. The molecule has 0 aliphatic carbocycles. The Kier molecular flexibility index (Phi) is 5.53. The molecule has 1 saturated heterocycles. The van der Waals surface area contributed by atoms with Gasteiger partial charge >= 0.3 is 0 Å². The number of rotatable bonds is 5. The van der Waals surface area contributed by atoms with Crippen LogP contribution in [0.3, 0.4) is 0 Å². The highest BCUT2D eigenvalue weighted by molar-refractivity contribution is 9.10. The average Bonchev–Trinajstić information content (AvgIpc) is 3.09. The first kappa shape index (κ1) is 17.0. The molecule has 2 aromatic carbocycles. The Hall–Kier alpha value is -1.85. The van der Waals surface area contributed by atoms with Crippen molar-refractivity contribution in [3.05, 3.63) is 58.1 Å². The molecule has 126 valence electrons. The zero-order valence-corrected chi connectivity index (χ0v) is 15.3. The summed E-state index contributed by atoms with van der Waals surface area (Å²) in [4.78, 5) is 14.9. The lowest BCUT2D eigenvalue weighted by Gasteiger charge is -2.15. The van der Waals surface area contributed by atoms with E-state index in [0.29, 0.717) is 11.3 Å². The van der Waals surface area contributed by atoms with E-state index in [-0.39, 0.29) is 5.91 Å². The maximum Gasteiger partial charge on any atom is 0.259 e. The Morgan fingerprint density at radius 1 is 1.17 bits per heavy atom. The lowest BCUT2D eigenvalue weighted by atomic mass is 10.1. The Bertz CT molecular complexity index is 710. The Morgan fingerprint density at radius 2 is 1.88 bits per heavy atom. The molecular weight excluding hydrogens is 368 g/mol. The molecule has 0 unspecified atom stereocenters. The molecule has 0 saturated carbocycles. The minimum Gasteiger partial charge on any atom is -0.496 e. The van der Waals surface area contributed by atoms with Crippen LogP contribution in [0.1, 0.15) is 28.8 Å². The summed E-state index contributed by atoms with van der Waals surface area (Å²) in [7, 11) is 1.56. The van der Waals surface area contributed by atoms with Gasteiger partial charge in [0.1, 0.15) is 5.75 Å². The maximum absolute atomic E-state index is 12.5. The summed E-state index contributed by atoms with van der Waals surface area (Å²) >= 11 is 3.39. The highest BCUT2D eigenvalue weighted by Crippen LogP contribution is 2.24. The number of carbonyl (C=O) groups excluding carboxylic acids is 1. The van der Waals surface area contributed by atoms with E-state index in [1.807, 2.05) is 18.2 Å². The Labute approximate surface area is 150 Å². The third kappa shape index (κ3) is 4.16. The van der Waals surface area contributed by atoms with Crippen molar-refractivity contribution < 1.29 is 9.53 Å². The van der Waals surface area contributed by atoms with Gasteiger partial charge < -0.3 is 10.1 Å². The number of halogens is 1. The number of hydrogen-bond acceptors (Lipinski definition) is 3. The quantitative estimate of drug-likeness (QED) is 0.829. The van der Waals surface area contributed by atoms with Gasteiger partial charge in [-0.2, -0.15) is 0 Å². The third-order valence-electron chi connectivity index (χ3n) is 4.22. The van der Waals surface area contributed by atoms with Gasteiger partial charge in [-0.1, -0.05) is 28.1 Å². The van der Waals surface area contributed by atoms with Crippen molar-refractivity contribution in [1.82, 2.24) is 4.90 Å². The number of hydrogen-bond donors (Lipinski definition) is 1. The predicted octanol–water partition coefficient (Wildman–Crippen LogP) is 4.31. The Balaban J connectivity index is 1.67. The summed E-state index contributed by atoms with van der Waals surface area (Å²) < 4.78 is 6.11. The summed E-state index contributed by atoms with van der Waals surface area (Å²) in [5, 5.41) is 2.93. The number of nitrogens with zero attached hydrogens (tertiary/aromatic N) is 1. The van der Waals surface area contributed by atoms with Gasteiger partial charge in [-0.25, -0.2) is 0 Å². The number of amides is 1. The number of anilines is 1. The first-order valence-electron chi connectivity index (χ1n) is 8.12. The molecule has 1 N–H and O–H groups in total. The van der Waals surface area contributed by atoms with Crippen molar-refractivity contribution in [3.63, 3.8) is 0 Å². The number of nitrogens with one attached hydrogen (secondary N) is 1. The molecule has 1 amide bonds. The second kappa shape index (κ2) is 7.81. The van der Waals surface area contributed by atoms with E-state index in [0.717, 1.165) is 16.7 Å². The van der Waals surface area contributed by atoms with E-state index in [1.54, 1.807) is 19.2 Å². The molecule has 5 heteroatoms. The number of ether oxygens (including phenoxy) is 1. The van der Waals surface area contributed by atoms with E-state index in [1.165, 1.54) is 31.5 Å². The van der Waals surface area contributed by atoms with E-state index in [9.17, 15) is 4.79 Å². The van der Waals surface area contributed by atoms with Crippen molar-refractivity contribution in [3.8, 4) is 5.75 Å². The van der Waals surface area contributed by atoms with Crippen LogP contribution in [-0.4, -0.2) is 31.0 Å². The third-order valence-corrected chi connectivity index (χ3v) is 4.72. The predicted molar refractivity (Wildman–Crippen MR) is 99.6 cm³/mol. The first-order chi connectivity index (χ1) is 11.7. The molecule has 0 spiro atoms. The molecule has 1 heterocycles. The zero-order chi connectivity index (χ0) is 16.9. The van der Waals surface area contributed by atoms with Gasteiger partial charge in [0.05, 0.1) is 12.7 Å². The molecule has 1 aliphatic heterocycles. The summed E-state index contributed by atoms with van der Waals surface area (Å²) in [6, 6.07) is 13.4. The van der Waals surface area contributed by atoms with Gasteiger partial charge in [-0.15, -0.1) is 0 Å². The average molecular weight is 389 g/mol. The standard InChI is InChI=1S/C19H21BrN2O2/c1-24-18-9-6-15(20)12-17(18)19(23)21-16-7-4-14(5-8-16)13-22-10-2-3-11-22/h4-9,12H,2-3,10-11,13H2,1H3,(H,21,23).